The van der Waals surface area contributed by atoms with Crippen LogP contribution in [0.15, 0.2) is 12.3 Å². The van der Waals surface area contributed by atoms with Crippen LogP contribution in [0.3, 0.4) is 0 Å². The Morgan fingerprint density at radius 2 is 2.45 bits per heavy atom. The summed E-state index contributed by atoms with van der Waals surface area (Å²) in [6, 6.07) is 1.63. The third kappa shape index (κ3) is 3.39. The summed E-state index contributed by atoms with van der Waals surface area (Å²) in [6.07, 6.45) is 2.76. The molecule has 6 nitrogen and oxygen atoms in total. The molecule has 1 aliphatic heterocycles. The second-order valence-electron chi connectivity index (χ2n) is 4.88. The highest BCUT2D eigenvalue weighted by molar-refractivity contribution is 5.95. The van der Waals surface area contributed by atoms with Gasteiger partial charge in [0.15, 0.2) is 0 Å². The summed E-state index contributed by atoms with van der Waals surface area (Å²) >= 11 is 0. The zero-order valence-electron chi connectivity index (χ0n) is 11.9. The molecular weight excluding hydrogens is 258 g/mol. The van der Waals surface area contributed by atoms with Crippen LogP contribution in [0.1, 0.15) is 30.6 Å². The van der Waals surface area contributed by atoms with Crippen molar-refractivity contribution < 1.29 is 14.3 Å². The number of nitrogens with zero attached hydrogens (tertiary/aromatic N) is 1. The second-order valence-corrected chi connectivity index (χ2v) is 4.88. The fourth-order valence-corrected chi connectivity index (χ4v) is 2.23. The maximum Gasteiger partial charge on any atom is 0.340 e. The SMILES string of the molecule is CCOC(=O)c1cc(NCC2CCOC2C)ncc1N. The minimum atomic E-state index is -0.423. The van der Waals surface area contributed by atoms with Crippen molar-refractivity contribution in [2.24, 2.45) is 5.92 Å². The minimum Gasteiger partial charge on any atom is -0.462 e. The van der Waals surface area contributed by atoms with Gasteiger partial charge in [0.05, 0.1) is 30.2 Å². The van der Waals surface area contributed by atoms with Gasteiger partial charge in [-0.2, -0.15) is 0 Å². The van der Waals surface area contributed by atoms with Crippen molar-refractivity contribution in [1.29, 1.82) is 0 Å². The number of nitrogens with one attached hydrogen (secondary N) is 1. The van der Waals surface area contributed by atoms with Gasteiger partial charge in [-0.1, -0.05) is 0 Å². The van der Waals surface area contributed by atoms with Gasteiger partial charge >= 0.3 is 5.97 Å². The van der Waals surface area contributed by atoms with Crippen molar-refractivity contribution in [1.82, 2.24) is 4.98 Å². The third-order valence-corrected chi connectivity index (χ3v) is 3.51. The number of nitrogens with two attached hydrogens (primary N) is 1. The molecule has 0 saturated carbocycles. The first-order valence-corrected chi connectivity index (χ1v) is 6.90. The Bertz CT molecular complexity index is 479. The standard InChI is InChI=1S/C14H21N3O3/c1-3-19-14(18)11-6-13(17-8-12(11)15)16-7-10-4-5-20-9(10)2/h6,8-10H,3-5,7,15H2,1-2H3,(H,16,17). The fourth-order valence-electron chi connectivity index (χ4n) is 2.23. The van der Waals surface area contributed by atoms with Crippen molar-refractivity contribution in [3.8, 4) is 0 Å². The average Bonchev–Trinajstić information content (AvgIpc) is 2.83. The van der Waals surface area contributed by atoms with Crippen LogP contribution in [0.5, 0.6) is 0 Å². The van der Waals surface area contributed by atoms with Crippen molar-refractivity contribution in [2.45, 2.75) is 26.4 Å². The zero-order valence-corrected chi connectivity index (χ0v) is 11.9. The van der Waals surface area contributed by atoms with Crippen molar-refractivity contribution in [2.75, 3.05) is 30.8 Å². The monoisotopic (exact) mass is 279 g/mol. The van der Waals surface area contributed by atoms with Gasteiger partial charge in [0.1, 0.15) is 5.82 Å². The van der Waals surface area contributed by atoms with E-state index in [1.54, 1.807) is 13.0 Å². The Morgan fingerprint density at radius 1 is 1.65 bits per heavy atom. The van der Waals surface area contributed by atoms with E-state index in [2.05, 4.69) is 17.2 Å². The minimum absolute atomic E-state index is 0.251. The molecule has 110 valence electrons. The molecule has 1 saturated heterocycles. The molecule has 0 radical (unpaired) electrons. The number of anilines is 2. The lowest BCUT2D eigenvalue weighted by atomic mass is 10.0. The number of nitrogen functional groups attached to an aromatic ring is 1. The highest BCUT2D eigenvalue weighted by Gasteiger charge is 2.24. The Labute approximate surface area is 118 Å². The van der Waals surface area contributed by atoms with E-state index in [0.717, 1.165) is 19.6 Å². The van der Waals surface area contributed by atoms with Crippen LogP contribution in [0, 0.1) is 5.92 Å². The van der Waals surface area contributed by atoms with Gasteiger partial charge in [-0.15, -0.1) is 0 Å². The van der Waals surface area contributed by atoms with Gasteiger partial charge in [-0.3, -0.25) is 0 Å². The van der Waals surface area contributed by atoms with Crippen LogP contribution in [-0.2, 0) is 9.47 Å². The molecule has 2 heterocycles. The van der Waals surface area contributed by atoms with Crippen LogP contribution < -0.4 is 11.1 Å². The summed E-state index contributed by atoms with van der Waals surface area (Å²) < 4.78 is 10.5. The number of ether oxygens (including phenoxy) is 2. The first-order valence-electron chi connectivity index (χ1n) is 6.90. The summed E-state index contributed by atoms with van der Waals surface area (Å²) in [5, 5.41) is 3.23. The van der Waals surface area contributed by atoms with Gasteiger partial charge in [-0.05, 0) is 26.3 Å². The van der Waals surface area contributed by atoms with E-state index >= 15 is 0 Å². The average molecular weight is 279 g/mol. The number of carbonyl (C=O) groups is 1. The van der Waals surface area contributed by atoms with Gasteiger partial charge in [-0.25, -0.2) is 9.78 Å². The Kier molecular flexibility index (Phi) is 4.79. The van der Waals surface area contributed by atoms with E-state index < -0.39 is 5.97 Å². The summed E-state index contributed by atoms with van der Waals surface area (Å²) in [7, 11) is 0. The number of carbonyl (C=O) groups excluding carboxylic acids is 1. The van der Waals surface area contributed by atoms with E-state index in [4.69, 9.17) is 15.2 Å². The molecule has 2 atom stereocenters. The molecule has 6 heteroatoms. The van der Waals surface area contributed by atoms with Crippen molar-refractivity contribution in [3.05, 3.63) is 17.8 Å². The molecule has 2 unspecified atom stereocenters. The Balaban J connectivity index is 2.01. The van der Waals surface area contributed by atoms with Crippen molar-refractivity contribution >= 4 is 17.5 Å². The normalized spacial score (nSPS) is 21.7. The highest BCUT2D eigenvalue weighted by atomic mass is 16.5. The third-order valence-electron chi connectivity index (χ3n) is 3.51. The maximum absolute atomic E-state index is 11.8. The molecular formula is C14H21N3O3. The number of aromatic nitrogens is 1. The van der Waals surface area contributed by atoms with Crippen LogP contribution in [-0.4, -0.2) is 36.8 Å². The van der Waals surface area contributed by atoms with E-state index in [1.807, 2.05) is 0 Å². The summed E-state index contributed by atoms with van der Waals surface area (Å²) in [6.45, 7) is 5.72. The first-order chi connectivity index (χ1) is 9.61. The molecule has 1 fully saturated rings. The topological polar surface area (TPSA) is 86.5 Å². The van der Waals surface area contributed by atoms with Crippen LogP contribution in [0.25, 0.3) is 0 Å². The van der Waals surface area contributed by atoms with E-state index in [1.165, 1.54) is 6.20 Å². The molecule has 0 aromatic carbocycles. The fraction of sp³-hybridized carbons (Fsp3) is 0.571. The molecule has 0 spiro atoms. The van der Waals surface area contributed by atoms with E-state index in [0.29, 0.717) is 29.6 Å². The van der Waals surface area contributed by atoms with Crippen LogP contribution in [0.2, 0.25) is 0 Å². The lowest BCUT2D eigenvalue weighted by Gasteiger charge is -2.15. The quantitative estimate of drug-likeness (QED) is 0.797. The lowest BCUT2D eigenvalue weighted by molar-refractivity contribution is 0.0527. The number of hydrogen-bond donors (Lipinski definition) is 2. The van der Waals surface area contributed by atoms with Crippen LogP contribution >= 0.6 is 0 Å². The molecule has 1 aromatic heterocycles. The zero-order chi connectivity index (χ0) is 14.5. The number of esters is 1. The van der Waals surface area contributed by atoms with Gasteiger partial charge in [0.25, 0.3) is 0 Å². The largest absolute Gasteiger partial charge is 0.462 e. The first kappa shape index (κ1) is 14.6. The van der Waals surface area contributed by atoms with Gasteiger partial charge in [0.2, 0.25) is 0 Å². The predicted octanol–water partition coefficient (Wildman–Crippen LogP) is 1.68. The molecule has 20 heavy (non-hydrogen) atoms. The number of rotatable bonds is 5. The summed E-state index contributed by atoms with van der Waals surface area (Å²) in [4.78, 5) is 15.9. The molecule has 0 aliphatic carbocycles. The summed E-state index contributed by atoms with van der Waals surface area (Å²) in [5.74, 6) is 0.662. The Hall–Kier alpha value is -1.82. The second kappa shape index (κ2) is 6.56. The predicted molar refractivity (Wildman–Crippen MR) is 76.6 cm³/mol. The van der Waals surface area contributed by atoms with E-state index in [9.17, 15) is 4.79 Å². The van der Waals surface area contributed by atoms with Gasteiger partial charge in [0, 0.05) is 19.1 Å². The van der Waals surface area contributed by atoms with Gasteiger partial charge < -0.3 is 20.5 Å². The number of hydrogen-bond acceptors (Lipinski definition) is 6. The molecule has 2 rings (SSSR count). The van der Waals surface area contributed by atoms with E-state index in [-0.39, 0.29) is 6.10 Å². The summed E-state index contributed by atoms with van der Waals surface area (Å²) in [5.41, 5.74) is 6.42. The molecule has 0 amide bonds. The number of pyridine rings is 1. The molecule has 1 aliphatic rings. The van der Waals surface area contributed by atoms with Crippen molar-refractivity contribution in [3.63, 3.8) is 0 Å². The smallest absolute Gasteiger partial charge is 0.340 e. The molecule has 1 aromatic rings. The van der Waals surface area contributed by atoms with Crippen LogP contribution in [0.4, 0.5) is 11.5 Å². The Morgan fingerprint density at radius 3 is 3.10 bits per heavy atom. The maximum atomic E-state index is 11.8. The molecule has 3 N–H and O–H groups in total. The molecule has 0 bridgehead atoms. The lowest BCUT2D eigenvalue weighted by Crippen LogP contribution is -2.21. The highest BCUT2D eigenvalue weighted by Crippen LogP contribution is 2.22.